The number of nitrogens with one attached hydrogen (secondary N) is 1. The lowest BCUT2D eigenvalue weighted by Crippen LogP contribution is -2.42. The molecule has 2 amide bonds. The molecule has 0 aliphatic carbocycles. The van der Waals surface area contributed by atoms with Gasteiger partial charge < -0.3 is 26.4 Å². The number of carbonyl (C=O) groups is 2. The van der Waals surface area contributed by atoms with Gasteiger partial charge in [-0.15, -0.1) is 22.7 Å². The largest absolute Gasteiger partial charge is 0.450 e. The average molecular weight is 471 g/mol. The summed E-state index contributed by atoms with van der Waals surface area (Å²) in [5.74, 6) is -0.183. The number of fused-ring (bicyclic) bond motifs is 1. The number of aromatic nitrogens is 1. The highest BCUT2D eigenvalue weighted by Crippen LogP contribution is 2.44. The van der Waals surface area contributed by atoms with Crippen LogP contribution in [0.15, 0.2) is 17.5 Å². The first-order chi connectivity index (χ1) is 15.4. The summed E-state index contributed by atoms with van der Waals surface area (Å²) < 4.78 is 5.07. The molecule has 166 valence electrons. The van der Waals surface area contributed by atoms with Crippen molar-refractivity contribution >= 4 is 56.4 Å². The Bertz CT molecular complexity index is 1210. The molecule has 5 N–H and O–H groups in total. The Morgan fingerprint density at radius 2 is 2.16 bits per heavy atom. The second-order valence-corrected chi connectivity index (χ2v) is 9.24. The van der Waals surface area contributed by atoms with Crippen LogP contribution >= 0.6 is 22.7 Å². The number of carbonyl (C=O) groups excluding carboxylic acids is 2. The van der Waals surface area contributed by atoms with Crippen LogP contribution in [-0.4, -0.2) is 47.6 Å². The van der Waals surface area contributed by atoms with Crippen LogP contribution in [0.5, 0.6) is 0 Å². The summed E-state index contributed by atoms with van der Waals surface area (Å²) in [5, 5.41) is 15.9. The van der Waals surface area contributed by atoms with Crippen molar-refractivity contribution in [1.29, 1.82) is 5.26 Å². The van der Waals surface area contributed by atoms with Gasteiger partial charge >= 0.3 is 6.09 Å². The zero-order valence-corrected chi connectivity index (χ0v) is 19.0. The number of anilines is 2. The summed E-state index contributed by atoms with van der Waals surface area (Å²) >= 11 is 2.60. The number of piperidine rings is 1. The molecule has 9 nitrogen and oxygen atoms in total. The number of ether oxygens (including phenoxy) is 1. The van der Waals surface area contributed by atoms with Gasteiger partial charge in [0.25, 0.3) is 5.91 Å². The molecule has 0 atom stereocenters. The molecule has 3 aromatic heterocycles. The fraction of sp³-hybridized carbons (Fsp3) is 0.333. The predicted octanol–water partition coefficient (Wildman–Crippen LogP) is 3.61. The van der Waals surface area contributed by atoms with Gasteiger partial charge in [0.05, 0.1) is 12.3 Å². The number of thiophene rings is 2. The summed E-state index contributed by atoms with van der Waals surface area (Å²) in [6, 6.07) is 6.10. The van der Waals surface area contributed by atoms with E-state index < -0.39 is 5.91 Å². The van der Waals surface area contributed by atoms with E-state index in [9.17, 15) is 14.9 Å². The Morgan fingerprint density at radius 1 is 1.41 bits per heavy atom. The molecule has 0 unspecified atom stereocenters. The summed E-state index contributed by atoms with van der Waals surface area (Å²) in [4.78, 5) is 31.8. The van der Waals surface area contributed by atoms with E-state index in [1.807, 2.05) is 17.5 Å². The minimum Gasteiger partial charge on any atom is -0.450 e. The minimum atomic E-state index is -0.623. The number of likely N-dealkylation sites (tertiary alicyclic amines) is 1. The van der Waals surface area contributed by atoms with Crippen molar-refractivity contribution in [1.82, 2.24) is 9.88 Å². The van der Waals surface area contributed by atoms with Crippen molar-refractivity contribution < 1.29 is 14.3 Å². The number of nitriles is 1. The third-order valence-corrected chi connectivity index (χ3v) is 7.34. The summed E-state index contributed by atoms with van der Waals surface area (Å²) in [7, 11) is 0. The first-order valence-electron chi connectivity index (χ1n) is 10.1. The molecule has 0 radical (unpaired) electrons. The predicted molar refractivity (Wildman–Crippen MR) is 126 cm³/mol. The van der Waals surface area contributed by atoms with Gasteiger partial charge in [-0.2, -0.15) is 5.26 Å². The van der Waals surface area contributed by atoms with Crippen LogP contribution in [0.3, 0.4) is 0 Å². The summed E-state index contributed by atoms with van der Waals surface area (Å²) in [5.41, 5.74) is 13.0. The van der Waals surface area contributed by atoms with Gasteiger partial charge in [0.2, 0.25) is 0 Å². The van der Waals surface area contributed by atoms with Crippen LogP contribution in [0.1, 0.15) is 35.0 Å². The molecule has 0 bridgehead atoms. The molecule has 1 fully saturated rings. The van der Waals surface area contributed by atoms with E-state index in [1.165, 1.54) is 11.3 Å². The zero-order valence-electron chi connectivity index (χ0n) is 17.4. The molecule has 3 aromatic rings. The Balaban J connectivity index is 1.72. The molecule has 1 saturated heterocycles. The van der Waals surface area contributed by atoms with Crippen LogP contribution in [0, 0.1) is 11.3 Å². The quantitative estimate of drug-likeness (QED) is 0.516. The van der Waals surface area contributed by atoms with Gasteiger partial charge in [-0.3, -0.25) is 4.79 Å². The van der Waals surface area contributed by atoms with E-state index in [0.29, 0.717) is 59.7 Å². The second-order valence-electron chi connectivity index (χ2n) is 7.29. The SMILES string of the molecule is CCOC(=O)N1CCC(Nc2nc3sc(C(N)=O)c(N)c3c(-c3cccs3)c2C#N)CC1. The number of nitrogen functional groups attached to an aromatic ring is 1. The van der Waals surface area contributed by atoms with Crippen molar-refractivity contribution in [2.45, 2.75) is 25.8 Å². The van der Waals surface area contributed by atoms with Crippen LogP contribution in [-0.2, 0) is 4.74 Å². The lowest BCUT2D eigenvalue weighted by molar-refractivity contribution is 0.0980. The number of pyridine rings is 1. The molecule has 32 heavy (non-hydrogen) atoms. The molecule has 11 heteroatoms. The number of rotatable bonds is 5. The third-order valence-electron chi connectivity index (χ3n) is 5.34. The van der Waals surface area contributed by atoms with Crippen molar-refractivity contribution in [2.24, 2.45) is 5.73 Å². The van der Waals surface area contributed by atoms with Gasteiger partial charge in [0, 0.05) is 35.0 Å². The van der Waals surface area contributed by atoms with E-state index in [0.717, 1.165) is 16.2 Å². The lowest BCUT2D eigenvalue weighted by atomic mass is 10.0. The highest BCUT2D eigenvalue weighted by Gasteiger charge is 2.28. The van der Waals surface area contributed by atoms with E-state index in [4.69, 9.17) is 16.2 Å². The van der Waals surface area contributed by atoms with E-state index >= 15 is 0 Å². The summed E-state index contributed by atoms with van der Waals surface area (Å²) in [6.45, 7) is 3.23. The standard InChI is InChI=1S/C21H22N6O3S2/c1-2-30-21(29)27-7-5-11(6-8-27)25-19-12(10-22)14(13-4-3-9-31-13)15-16(23)17(18(24)28)32-20(15)26-19/h3-4,9,11H,2,5-8,23H2,1H3,(H2,24,28)(H,25,26). The number of amides is 2. The van der Waals surface area contributed by atoms with Gasteiger partial charge in [0.1, 0.15) is 27.2 Å². The van der Waals surface area contributed by atoms with Crippen LogP contribution in [0.4, 0.5) is 16.3 Å². The number of nitrogens with two attached hydrogens (primary N) is 2. The molecule has 1 aliphatic heterocycles. The van der Waals surface area contributed by atoms with Crippen molar-refractivity contribution in [3.63, 3.8) is 0 Å². The summed E-state index contributed by atoms with van der Waals surface area (Å²) in [6.07, 6.45) is 1.07. The second kappa shape index (κ2) is 9.02. The average Bonchev–Trinajstić information content (AvgIpc) is 3.42. The molecule has 1 aliphatic rings. The molecule has 0 spiro atoms. The third kappa shape index (κ3) is 3.94. The molecule has 4 rings (SSSR count). The van der Waals surface area contributed by atoms with E-state index in [2.05, 4.69) is 16.4 Å². The molecular weight excluding hydrogens is 448 g/mol. The van der Waals surface area contributed by atoms with E-state index in [1.54, 1.807) is 11.8 Å². The van der Waals surface area contributed by atoms with Crippen molar-refractivity contribution in [2.75, 3.05) is 30.7 Å². The number of hydrogen-bond donors (Lipinski definition) is 3. The fourth-order valence-electron chi connectivity index (χ4n) is 3.83. The van der Waals surface area contributed by atoms with E-state index in [-0.39, 0.29) is 22.7 Å². The highest BCUT2D eigenvalue weighted by molar-refractivity contribution is 7.21. The maximum absolute atomic E-state index is 12.0. The Morgan fingerprint density at radius 3 is 2.75 bits per heavy atom. The van der Waals surface area contributed by atoms with Crippen LogP contribution in [0.25, 0.3) is 20.7 Å². The Hall–Kier alpha value is -3.36. The van der Waals surface area contributed by atoms with Crippen LogP contribution < -0.4 is 16.8 Å². The number of nitrogens with zero attached hydrogens (tertiary/aromatic N) is 3. The van der Waals surface area contributed by atoms with Crippen molar-refractivity contribution in [3.05, 3.63) is 28.0 Å². The fourth-order valence-corrected chi connectivity index (χ4v) is 5.57. The smallest absolute Gasteiger partial charge is 0.409 e. The maximum atomic E-state index is 12.0. The van der Waals surface area contributed by atoms with Gasteiger partial charge in [-0.05, 0) is 31.2 Å². The first-order valence-corrected chi connectivity index (χ1v) is 11.8. The normalized spacial score (nSPS) is 14.3. The zero-order chi connectivity index (χ0) is 22.8. The Labute approximate surface area is 192 Å². The van der Waals surface area contributed by atoms with Gasteiger partial charge in [-0.1, -0.05) is 6.07 Å². The first kappa shape index (κ1) is 21.9. The molecule has 0 aromatic carbocycles. The number of primary amides is 1. The minimum absolute atomic E-state index is 0.0295. The van der Waals surface area contributed by atoms with Gasteiger partial charge in [-0.25, -0.2) is 9.78 Å². The molecule has 4 heterocycles. The molecular formula is C21H22N6O3S2. The Kier molecular flexibility index (Phi) is 6.16. The van der Waals surface area contributed by atoms with Gasteiger partial charge in [0.15, 0.2) is 0 Å². The topological polar surface area (TPSA) is 147 Å². The van der Waals surface area contributed by atoms with Crippen molar-refractivity contribution in [3.8, 4) is 16.5 Å². The highest BCUT2D eigenvalue weighted by atomic mass is 32.1. The molecule has 0 saturated carbocycles. The lowest BCUT2D eigenvalue weighted by Gasteiger charge is -2.32. The van der Waals surface area contributed by atoms with Crippen LogP contribution in [0.2, 0.25) is 0 Å². The number of hydrogen-bond acceptors (Lipinski definition) is 9. The monoisotopic (exact) mass is 470 g/mol. The maximum Gasteiger partial charge on any atom is 0.409 e.